The fourth-order valence-corrected chi connectivity index (χ4v) is 3.23. The van der Waals surface area contributed by atoms with Gasteiger partial charge in [0.1, 0.15) is 0 Å². The number of nitrogens with zero attached hydrogens (tertiary/aromatic N) is 3. The number of pyridine rings is 1. The number of piperidine rings is 1. The predicted octanol–water partition coefficient (Wildman–Crippen LogP) is 2.11. The maximum Gasteiger partial charge on any atom is 0.255 e. The Morgan fingerprint density at radius 2 is 2.10 bits per heavy atom. The van der Waals surface area contributed by atoms with E-state index in [-0.39, 0.29) is 12.0 Å². The van der Waals surface area contributed by atoms with Gasteiger partial charge < -0.3 is 10.0 Å². The van der Waals surface area contributed by atoms with Crippen molar-refractivity contribution in [2.45, 2.75) is 25.9 Å². The SMILES string of the molecule is Cc1ncsc1-c1ccc(C(=O)N2CCC(O)CC2)cn1. The van der Waals surface area contributed by atoms with Gasteiger partial charge in [-0.3, -0.25) is 9.78 Å². The Balaban J connectivity index is 1.75. The average molecular weight is 303 g/mol. The number of aryl methyl sites for hydroxylation is 1. The molecule has 0 bridgehead atoms. The average Bonchev–Trinajstić information content (AvgIpc) is 2.94. The van der Waals surface area contributed by atoms with Crippen LogP contribution in [0.2, 0.25) is 0 Å². The van der Waals surface area contributed by atoms with Crippen LogP contribution in [-0.2, 0) is 0 Å². The first kappa shape index (κ1) is 14.2. The first-order valence-corrected chi connectivity index (χ1v) is 7.87. The Bertz CT molecular complexity index is 631. The van der Waals surface area contributed by atoms with Crippen molar-refractivity contribution < 1.29 is 9.90 Å². The van der Waals surface area contributed by atoms with Crippen LogP contribution in [0.1, 0.15) is 28.9 Å². The summed E-state index contributed by atoms with van der Waals surface area (Å²) in [4.78, 5) is 23.8. The number of rotatable bonds is 2. The molecule has 21 heavy (non-hydrogen) atoms. The number of likely N-dealkylation sites (tertiary alicyclic amines) is 1. The van der Waals surface area contributed by atoms with Gasteiger partial charge in [0.2, 0.25) is 0 Å². The lowest BCUT2D eigenvalue weighted by molar-refractivity contribution is 0.0546. The number of aromatic nitrogens is 2. The van der Waals surface area contributed by atoms with Crippen molar-refractivity contribution in [2.75, 3.05) is 13.1 Å². The van der Waals surface area contributed by atoms with Crippen molar-refractivity contribution >= 4 is 17.2 Å². The Morgan fingerprint density at radius 3 is 2.67 bits per heavy atom. The first-order valence-electron chi connectivity index (χ1n) is 6.99. The van der Waals surface area contributed by atoms with Gasteiger partial charge in [-0.05, 0) is 31.9 Å². The standard InChI is InChI=1S/C15H17N3O2S/c1-10-14(21-9-17-10)13-3-2-11(8-16-13)15(20)18-6-4-12(19)5-7-18/h2-3,8-9,12,19H,4-7H2,1H3. The molecule has 2 aromatic heterocycles. The van der Waals surface area contributed by atoms with Gasteiger partial charge in [0.25, 0.3) is 5.91 Å². The quantitative estimate of drug-likeness (QED) is 0.923. The van der Waals surface area contributed by atoms with Crippen LogP contribution < -0.4 is 0 Å². The lowest BCUT2D eigenvalue weighted by Crippen LogP contribution is -2.40. The van der Waals surface area contributed by atoms with Crippen LogP contribution in [0, 0.1) is 6.92 Å². The van der Waals surface area contributed by atoms with Gasteiger partial charge in [-0.15, -0.1) is 11.3 Å². The minimum atomic E-state index is -0.274. The fraction of sp³-hybridized carbons (Fsp3) is 0.400. The van der Waals surface area contributed by atoms with Crippen LogP contribution in [0.4, 0.5) is 0 Å². The summed E-state index contributed by atoms with van der Waals surface area (Å²) in [6.07, 6.45) is 2.65. The van der Waals surface area contributed by atoms with Crippen LogP contribution in [0.25, 0.3) is 10.6 Å². The summed E-state index contributed by atoms with van der Waals surface area (Å²) in [6, 6.07) is 3.68. The molecule has 0 spiro atoms. The molecule has 1 fully saturated rings. The van der Waals surface area contributed by atoms with E-state index >= 15 is 0 Å². The summed E-state index contributed by atoms with van der Waals surface area (Å²) in [6.45, 7) is 3.16. The maximum absolute atomic E-state index is 12.4. The van der Waals surface area contributed by atoms with Crippen LogP contribution in [0.15, 0.2) is 23.8 Å². The molecule has 0 atom stereocenters. The third-order valence-corrected chi connectivity index (χ3v) is 4.69. The van der Waals surface area contributed by atoms with Crippen molar-refractivity contribution in [1.82, 2.24) is 14.9 Å². The Morgan fingerprint density at radius 1 is 1.33 bits per heavy atom. The van der Waals surface area contributed by atoms with E-state index in [2.05, 4.69) is 9.97 Å². The minimum Gasteiger partial charge on any atom is -0.393 e. The van der Waals surface area contributed by atoms with Gasteiger partial charge in [-0.1, -0.05) is 0 Å². The number of carbonyl (C=O) groups is 1. The van der Waals surface area contributed by atoms with Crippen LogP contribution in [0.5, 0.6) is 0 Å². The topological polar surface area (TPSA) is 66.3 Å². The number of aliphatic hydroxyl groups is 1. The molecular formula is C15H17N3O2S. The van der Waals surface area contributed by atoms with Crippen molar-refractivity contribution in [3.05, 3.63) is 35.1 Å². The second kappa shape index (κ2) is 5.91. The molecule has 3 rings (SSSR count). The fourth-order valence-electron chi connectivity index (χ4n) is 2.45. The maximum atomic E-state index is 12.4. The number of carbonyl (C=O) groups excluding carboxylic acids is 1. The third-order valence-electron chi connectivity index (χ3n) is 3.74. The number of amides is 1. The highest BCUT2D eigenvalue weighted by atomic mass is 32.1. The summed E-state index contributed by atoms with van der Waals surface area (Å²) < 4.78 is 0. The normalized spacial score (nSPS) is 16.2. The smallest absolute Gasteiger partial charge is 0.255 e. The van der Waals surface area contributed by atoms with E-state index in [0.29, 0.717) is 31.5 Å². The molecule has 1 amide bonds. The van der Waals surface area contributed by atoms with Crippen LogP contribution in [-0.4, -0.2) is 45.1 Å². The monoisotopic (exact) mass is 303 g/mol. The number of aliphatic hydroxyl groups excluding tert-OH is 1. The van der Waals surface area contributed by atoms with Gasteiger partial charge in [-0.2, -0.15) is 0 Å². The molecule has 0 aromatic carbocycles. The van der Waals surface area contributed by atoms with Crippen LogP contribution in [0.3, 0.4) is 0 Å². The summed E-state index contributed by atoms with van der Waals surface area (Å²) in [5, 5.41) is 9.49. The van der Waals surface area contributed by atoms with Gasteiger partial charge in [-0.25, -0.2) is 4.98 Å². The number of thiazole rings is 1. The first-order chi connectivity index (χ1) is 10.1. The van der Waals surface area contributed by atoms with Gasteiger partial charge >= 0.3 is 0 Å². The Kier molecular flexibility index (Phi) is 3.98. The number of hydrogen-bond acceptors (Lipinski definition) is 5. The zero-order valence-corrected chi connectivity index (χ0v) is 12.6. The van der Waals surface area contributed by atoms with E-state index in [9.17, 15) is 9.90 Å². The molecule has 6 heteroatoms. The summed E-state index contributed by atoms with van der Waals surface area (Å²) in [5.41, 5.74) is 4.19. The summed E-state index contributed by atoms with van der Waals surface area (Å²) >= 11 is 1.55. The number of hydrogen-bond donors (Lipinski definition) is 1. The molecule has 2 aromatic rings. The van der Waals surface area contributed by atoms with Crippen molar-refractivity contribution in [3.8, 4) is 10.6 Å². The molecular weight excluding hydrogens is 286 g/mol. The third kappa shape index (κ3) is 2.96. The van der Waals surface area contributed by atoms with E-state index in [1.807, 2.05) is 19.1 Å². The van der Waals surface area contributed by atoms with Crippen molar-refractivity contribution in [3.63, 3.8) is 0 Å². The highest BCUT2D eigenvalue weighted by molar-refractivity contribution is 7.13. The summed E-state index contributed by atoms with van der Waals surface area (Å²) in [5.74, 6) is -0.0121. The lowest BCUT2D eigenvalue weighted by atomic mass is 10.1. The molecule has 1 aliphatic heterocycles. The Hall–Kier alpha value is -1.79. The van der Waals surface area contributed by atoms with E-state index in [4.69, 9.17) is 0 Å². The molecule has 3 heterocycles. The summed E-state index contributed by atoms with van der Waals surface area (Å²) in [7, 11) is 0. The Labute approximate surface area is 127 Å². The van der Waals surface area contributed by atoms with Gasteiger partial charge in [0.15, 0.2) is 0 Å². The molecule has 1 N–H and O–H groups in total. The molecule has 1 saturated heterocycles. The largest absolute Gasteiger partial charge is 0.393 e. The second-order valence-corrected chi connectivity index (χ2v) is 6.08. The molecule has 110 valence electrons. The van der Waals surface area contributed by atoms with Gasteiger partial charge in [0, 0.05) is 19.3 Å². The molecule has 0 unspecified atom stereocenters. The molecule has 0 radical (unpaired) electrons. The van der Waals surface area contributed by atoms with Crippen molar-refractivity contribution in [2.24, 2.45) is 0 Å². The zero-order valence-electron chi connectivity index (χ0n) is 11.8. The zero-order chi connectivity index (χ0) is 14.8. The van der Waals surface area contributed by atoms with E-state index in [1.54, 1.807) is 27.9 Å². The van der Waals surface area contributed by atoms with Crippen LogP contribution >= 0.6 is 11.3 Å². The highest BCUT2D eigenvalue weighted by Crippen LogP contribution is 2.25. The van der Waals surface area contributed by atoms with Gasteiger partial charge in [0.05, 0.1) is 33.4 Å². The molecule has 0 saturated carbocycles. The molecule has 5 nitrogen and oxygen atoms in total. The van der Waals surface area contributed by atoms with Crippen molar-refractivity contribution in [1.29, 1.82) is 0 Å². The van der Waals surface area contributed by atoms with E-state index < -0.39 is 0 Å². The van der Waals surface area contributed by atoms with E-state index in [1.165, 1.54) is 0 Å². The molecule has 0 aliphatic carbocycles. The van der Waals surface area contributed by atoms with E-state index in [0.717, 1.165) is 16.3 Å². The predicted molar refractivity (Wildman–Crippen MR) is 81.2 cm³/mol. The lowest BCUT2D eigenvalue weighted by Gasteiger charge is -2.29. The molecule has 1 aliphatic rings. The highest BCUT2D eigenvalue weighted by Gasteiger charge is 2.22. The minimum absolute atomic E-state index is 0.0121. The second-order valence-electron chi connectivity index (χ2n) is 5.22.